The van der Waals surface area contributed by atoms with Gasteiger partial charge in [-0.3, -0.25) is 0 Å². The summed E-state index contributed by atoms with van der Waals surface area (Å²) in [5.74, 6) is 2.80. The van der Waals surface area contributed by atoms with Crippen molar-refractivity contribution in [3.63, 3.8) is 0 Å². The third-order valence-electron chi connectivity index (χ3n) is 7.11. The Morgan fingerprint density at radius 3 is 2.61 bits per heavy atom. The van der Waals surface area contributed by atoms with E-state index in [1.54, 1.807) is 0 Å². The predicted octanol–water partition coefficient (Wildman–Crippen LogP) is 5.53. The minimum atomic E-state index is -0.459. The zero-order chi connectivity index (χ0) is 19.1. The Hall–Kier alpha value is -2.23. The minimum Gasteiger partial charge on any atom is -0.490 e. The molecule has 2 saturated carbocycles. The van der Waals surface area contributed by atoms with Gasteiger partial charge in [0.1, 0.15) is 12.4 Å². The van der Waals surface area contributed by atoms with Gasteiger partial charge >= 0.3 is 6.09 Å². The van der Waals surface area contributed by atoms with Crippen LogP contribution in [0, 0.1) is 11.8 Å². The Morgan fingerprint density at radius 1 is 1.00 bits per heavy atom. The topological polar surface area (TPSA) is 47.6 Å². The number of fused-ring (bicyclic) bond motifs is 2. The second kappa shape index (κ2) is 6.98. The van der Waals surface area contributed by atoms with Crippen molar-refractivity contribution in [2.75, 3.05) is 6.61 Å². The second-order valence-corrected chi connectivity index (χ2v) is 9.11. The lowest BCUT2D eigenvalue weighted by molar-refractivity contribution is 0.0648. The first-order valence-electron chi connectivity index (χ1n) is 10.7. The zero-order valence-corrected chi connectivity index (χ0v) is 16.6. The van der Waals surface area contributed by atoms with Crippen LogP contribution in [0.25, 0.3) is 10.8 Å². The number of alkyl carbamates (subject to hydrolysis) is 1. The highest BCUT2D eigenvalue weighted by Crippen LogP contribution is 2.41. The molecule has 1 saturated heterocycles. The molecule has 0 radical (unpaired) electrons. The fourth-order valence-electron chi connectivity index (χ4n) is 5.43. The zero-order valence-electron chi connectivity index (χ0n) is 16.6. The summed E-state index contributed by atoms with van der Waals surface area (Å²) in [5.41, 5.74) is 0.606. The Kier molecular flexibility index (Phi) is 4.45. The van der Waals surface area contributed by atoms with Crippen molar-refractivity contribution in [2.45, 2.75) is 63.5 Å². The average molecular weight is 380 g/mol. The van der Waals surface area contributed by atoms with E-state index in [9.17, 15) is 4.79 Å². The Labute approximate surface area is 166 Å². The van der Waals surface area contributed by atoms with Crippen LogP contribution >= 0.6 is 0 Å². The van der Waals surface area contributed by atoms with Crippen molar-refractivity contribution < 1.29 is 14.3 Å². The maximum absolute atomic E-state index is 11.5. The molecule has 0 aromatic heterocycles. The molecule has 2 aromatic carbocycles. The molecule has 5 rings (SSSR count). The number of hydrogen-bond donors (Lipinski definition) is 1. The van der Waals surface area contributed by atoms with Crippen LogP contribution in [0.4, 0.5) is 4.79 Å². The summed E-state index contributed by atoms with van der Waals surface area (Å²) >= 11 is 0. The van der Waals surface area contributed by atoms with Gasteiger partial charge in [0, 0.05) is 0 Å². The Morgan fingerprint density at radius 2 is 1.79 bits per heavy atom. The molecule has 1 heterocycles. The highest BCUT2D eigenvalue weighted by Gasteiger charge is 2.36. The Bertz CT molecular complexity index is 895. The van der Waals surface area contributed by atoms with Gasteiger partial charge in [0.2, 0.25) is 0 Å². The molecule has 2 aromatic rings. The molecule has 2 aliphatic carbocycles. The highest BCUT2D eigenvalue weighted by atomic mass is 16.6. The van der Waals surface area contributed by atoms with E-state index in [1.807, 2.05) is 6.92 Å². The van der Waals surface area contributed by atoms with E-state index in [2.05, 4.69) is 41.7 Å². The molecule has 3 fully saturated rings. The third-order valence-corrected chi connectivity index (χ3v) is 7.11. The summed E-state index contributed by atoms with van der Waals surface area (Å²) in [6, 6.07) is 12.7. The van der Waals surface area contributed by atoms with Crippen LogP contribution < -0.4 is 10.1 Å². The highest BCUT2D eigenvalue weighted by molar-refractivity contribution is 5.85. The van der Waals surface area contributed by atoms with Crippen molar-refractivity contribution in [1.29, 1.82) is 0 Å². The van der Waals surface area contributed by atoms with Crippen LogP contribution in [-0.4, -0.2) is 18.8 Å². The van der Waals surface area contributed by atoms with Crippen molar-refractivity contribution >= 4 is 16.9 Å². The number of hydrogen-bond acceptors (Lipinski definition) is 3. The van der Waals surface area contributed by atoms with Crippen LogP contribution in [-0.2, 0) is 10.3 Å². The van der Waals surface area contributed by atoms with Crippen molar-refractivity contribution in [2.24, 2.45) is 11.8 Å². The van der Waals surface area contributed by atoms with Gasteiger partial charge in [-0.25, -0.2) is 4.79 Å². The van der Waals surface area contributed by atoms with E-state index in [0.29, 0.717) is 12.7 Å². The predicted molar refractivity (Wildman–Crippen MR) is 109 cm³/mol. The lowest BCUT2D eigenvalue weighted by Gasteiger charge is -2.39. The fraction of sp³-hybridized carbons (Fsp3) is 0.542. The van der Waals surface area contributed by atoms with Crippen LogP contribution in [0.3, 0.4) is 0 Å². The van der Waals surface area contributed by atoms with E-state index >= 15 is 0 Å². The Balaban J connectivity index is 1.31. The van der Waals surface area contributed by atoms with Crippen molar-refractivity contribution in [3.8, 4) is 5.75 Å². The van der Waals surface area contributed by atoms with Crippen molar-refractivity contribution in [1.82, 2.24) is 5.32 Å². The SMILES string of the molecule is CC1(c2ccc3cc(O[C@@H]4CCC5CCCCC5C4)ccc3c2)COC(=O)N1. The van der Waals surface area contributed by atoms with Gasteiger partial charge in [-0.1, -0.05) is 43.9 Å². The largest absolute Gasteiger partial charge is 0.490 e. The first kappa shape index (κ1) is 17.8. The van der Waals surface area contributed by atoms with Gasteiger partial charge < -0.3 is 14.8 Å². The lowest BCUT2D eigenvalue weighted by Crippen LogP contribution is -2.37. The van der Waals surface area contributed by atoms with Gasteiger partial charge in [-0.2, -0.15) is 0 Å². The summed E-state index contributed by atoms with van der Waals surface area (Å²) in [5, 5.41) is 5.24. The maximum Gasteiger partial charge on any atom is 0.408 e. The van der Waals surface area contributed by atoms with Gasteiger partial charge in [0.15, 0.2) is 0 Å². The summed E-state index contributed by atoms with van der Waals surface area (Å²) in [6.07, 6.45) is 9.41. The summed E-state index contributed by atoms with van der Waals surface area (Å²) < 4.78 is 11.5. The molecule has 1 aliphatic heterocycles. The second-order valence-electron chi connectivity index (χ2n) is 9.11. The van der Waals surface area contributed by atoms with Gasteiger partial charge in [-0.05, 0) is 72.6 Å². The van der Waals surface area contributed by atoms with Gasteiger partial charge in [0.25, 0.3) is 0 Å². The average Bonchev–Trinajstić information content (AvgIpc) is 3.07. The molecule has 0 spiro atoms. The van der Waals surface area contributed by atoms with Crippen LogP contribution in [0.1, 0.15) is 57.4 Å². The fourth-order valence-corrected chi connectivity index (χ4v) is 5.43. The van der Waals surface area contributed by atoms with E-state index < -0.39 is 5.54 Å². The van der Waals surface area contributed by atoms with E-state index in [1.165, 1.54) is 50.3 Å². The maximum atomic E-state index is 11.5. The number of ether oxygens (including phenoxy) is 2. The molecule has 0 bridgehead atoms. The number of benzene rings is 2. The van der Waals surface area contributed by atoms with E-state index in [4.69, 9.17) is 9.47 Å². The normalized spacial score (nSPS) is 32.5. The van der Waals surface area contributed by atoms with E-state index in [0.717, 1.165) is 28.5 Å². The van der Waals surface area contributed by atoms with Crippen molar-refractivity contribution in [3.05, 3.63) is 42.0 Å². The lowest BCUT2D eigenvalue weighted by atomic mass is 9.70. The summed E-state index contributed by atoms with van der Waals surface area (Å²) in [7, 11) is 0. The van der Waals surface area contributed by atoms with Crippen LogP contribution in [0.5, 0.6) is 5.75 Å². The van der Waals surface area contributed by atoms with Crippen LogP contribution in [0.2, 0.25) is 0 Å². The molecule has 4 heteroatoms. The molecular formula is C24H29NO3. The number of amides is 1. The molecular weight excluding hydrogens is 350 g/mol. The molecule has 148 valence electrons. The molecule has 28 heavy (non-hydrogen) atoms. The smallest absolute Gasteiger partial charge is 0.408 e. The molecule has 1 N–H and O–H groups in total. The minimum absolute atomic E-state index is 0.348. The number of carbonyl (C=O) groups is 1. The quantitative estimate of drug-likeness (QED) is 0.762. The molecule has 1 amide bonds. The van der Waals surface area contributed by atoms with Gasteiger partial charge in [0.05, 0.1) is 11.6 Å². The molecule has 4 atom stereocenters. The third kappa shape index (κ3) is 3.34. The van der Waals surface area contributed by atoms with Gasteiger partial charge in [-0.15, -0.1) is 0 Å². The van der Waals surface area contributed by atoms with E-state index in [-0.39, 0.29) is 6.09 Å². The monoisotopic (exact) mass is 379 g/mol. The molecule has 3 unspecified atom stereocenters. The van der Waals surface area contributed by atoms with Crippen LogP contribution in [0.15, 0.2) is 36.4 Å². The summed E-state index contributed by atoms with van der Waals surface area (Å²) in [4.78, 5) is 11.5. The number of nitrogens with one attached hydrogen (secondary N) is 1. The summed E-state index contributed by atoms with van der Waals surface area (Å²) in [6.45, 7) is 2.36. The molecule has 3 aliphatic rings. The first-order chi connectivity index (χ1) is 13.6. The number of carbonyl (C=O) groups excluding carboxylic acids is 1. The number of cyclic esters (lactones) is 1. The first-order valence-corrected chi connectivity index (χ1v) is 10.7. The number of rotatable bonds is 3. The molecule has 4 nitrogen and oxygen atoms in total. The standard InChI is InChI=1S/C24H29NO3/c1-24(15-27-23(26)25-24)20-9-6-19-14-22(11-8-18(19)12-20)28-21-10-7-16-4-2-3-5-17(16)13-21/h6,8-9,11-12,14,16-17,21H,2-5,7,10,13,15H2,1H3,(H,25,26)/t16?,17?,21-,24?/m1/s1.